The van der Waals surface area contributed by atoms with Crippen molar-refractivity contribution in [1.82, 2.24) is 23.9 Å². The van der Waals surface area contributed by atoms with Gasteiger partial charge in [0.2, 0.25) is 10.0 Å². The number of carboxylic acid groups (broad SMARTS) is 1. The summed E-state index contributed by atoms with van der Waals surface area (Å²) in [5, 5.41) is 18.1. The molecule has 6 rings (SSSR count). The normalized spacial score (nSPS) is 15.9. The highest BCUT2D eigenvalue weighted by Crippen LogP contribution is 2.55. The van der Waals surface area contributed by atoms with Gasteiger partial charge in [0.25, 0.3) is 0 Å². The van der Waals surface area contributed by atoms with Crippen molar-refractivity contribution in [1.29, 1.82) is 0 Å². The number of hydrogen-bond donors (Lipinski definition) is 1. The number of carboxylic acids is 1. The van der Waals surface area contributed by atoms with Crippen molar-refractivity contribution in [3.63, 3.8) is 0 Å². The minimum atomic E-state index is -3.73. The Labute approximate surface area is 253 Å². The molecule has 2 heterocycles. The Morgan fingerprint density at radius 1 is 0.953 bits per heavy atom. The maximum atomic E-state index is 13.4. The number of sulfonamides is 1. The Morgan fingerprint density at radius 2 is 1.65 bits per heavy atom. The SMILES string of the molecule is C.C.CN(Cc1cccc(-n2ccc(C(=O)O)c2[C@@H]2C[C@H]2c2cn(C)nn2)c1)S(=O)(=O)c1ccc(-c2ccccc2)cc1. The van der Waals surface area contributed by atoms with Gasteiger partial charge in [-0.15, -0.1) is 5.10 Å². The molecule has 9 nitrogen and oxygen atoms in total. The largest absolute Gasteiger partial charge is 0.478 e. The van der Waals surface area contributed by atoms with Crippen molar-refractivity contribution in [2.24, 2.45) is 7.05 Å². The fraction of sp³-hybridized carbons (Fsp3) is 0.242. The Bertz CT molecular complexity index is 1830. The van der Waals surface area contributed by atoms with E-state index in [4.69, 9.17) is 0 Å². The highest BCUT2D eigenvalue weighted by molar-refractivity contribution is 7.89. The third-order valence-corrected chi connectivity index (χ3v) is 9.38. The number of hydrogen-bond acceptors (Lipinski definition) is 5. The van der Waals surface area contributed by atoms with E-state index in [1.165, 1.54) is 4.31 Å². The Morgan fingerprint density at radius 3 is 2.30 bits per heavy atom. The lowest BCUT2D eigenvalue weighted by molar-refractivity contribution is 0.0695. The maximum Gasteiger partial charge on any atom is 0.337 e. The molecule has 0 radical (unpaired) electrons. The van der Waals surface area contributed by atoms with Gasteiger partial charge in [0.15, 0.2) is 0 Å². The zero-order chi connectivity index (χ0) is 28.7. The van der Waals surface area contributed by atoms with Gasteiger partial charge in [-0.1, -0.05) is 74.7 Å². The lowest BCUT2D eigenvalue weighted by atomic mass is 10.1. The minimum Gasteiger partial charge on any atom is -0.478 e. The summed E-state index contributed by atoms with van der Waals surface area (Å²) in [5.74, 6) is -0.884. The molecule has 1 fully saturated rings. The van der Waals surface area contributed by atoms with Gasteiger partial charge in [0, 0.05) is 56.3 Å². The highest BCUT2D eigenvalue weighted by atomic mass is 32.2. The lowest BCUT2D eigenvalue weighted by Gasteiger charge is -2.19. The third kappa shape index (κ3) is 6.16. The molecule has 0 saturated heterocycles. The molecular weight excluding hydrogens is 562 g/mol. The standard InChI is InChI=1S/C31H29N5O4S.2CH4/c1-34-20-29(32-33-34)27-18-28(27)30-26(31(37)38)15-16-36(30)24-10-6-7-21(17-24)19-35(2)41(39,40)25-13-11-23(12-14-25)22-8-4-3-5-9-22;;/h3-17,20,27-28H,18-19H2,1-2H3,(H,37,38);2*1H4/t27-,28-;;/m1../s1. The van der Waals surface area contributed by atoms with Crippen molar-refractivity contribution < 1.29 is 18.3 Å². The van der Waals surface area contributed by atoms with Crippen molar-refractivity contribution in [3.05, 3.63) is 120 Å². The van der Waals surface area contributed by atoms with Crippen molar-refractivity contribution >= 4 is 16.0 Å². The van der Waals surface area contributed by atoms with E-state index in [2.05, 4.69) is 10.3 Å². The summed E-state index contributed by atoms with van der Waals surface area (Å²) in [6, 6.07) is 25.8. The highest BCUT2D eigenvalue weighted by Gasteiger charge is 2.45. The van der Waals surface area contributed by atoms with Crippen LogP contribution in [-0.4, -0.2) is 50.4 Å². The number of rotatable bonds is 9. The number of benzene rings is 3. The van der Waals surface area contributed by atoms with E-state index in [1.807, 2.05) is 84.5 Å². The second-order valence-corrected chi connectivity index (χ2v) is 12.4. The van der Waals surface area contributed by atoms with E-state index in [-0.39, 0.29) is 43.7 Å². The quantitative estimate of drug-likeness (QED) is 0.212. The fourth-order valence-electron chi connectivity index (χ4n) is 5.36. The monoisotopic (exact) mass is 599 g/mol. The van der Waals surface area contributed by atoms with Crippen LogP contribution >= 0.6 is 0 Å². The maximum absolute atomic E-state index is 13.4. The van der Waals surface area contributed by atoms with Crippen LogP contribution in [0.1, 0.15) is 60.4 Å². The molecule has 1 aliphatic rings. The molecule has 43 heavy (non-hydrogen) atoms. The van der Waals surface area contributed by atoms with Crippen molar-refractivity contribution in [3.8, 4) is 16.8 Å². The van der Waals surface area contributed by atoms with Gasteiger partial charge in [0.1, 0.15) is 0 Å². The van der Waals surface area contributed by atoms with Gasteiger partial charge < -0.3 is 9.67 Å². The average Bonchev–Trinajstić information content (AvgIpc) is 3.42. The molecule has 0 spiro atoms. The second-order valence-electron chi connectivity index (χ2n) is 10.4. The predicted octanol–water partition coefficient (Wildman–Crippen LogP) is 6.34. The van der Waals surface area contributed by atoms with Gasteiger partial charge in [-0.2, -0.15) is 4.31 Å². The summed E-state index contributed by atoms with van der Waals surface area (Å²) in [4.78, 5) is 12.3. The van der Waals surface area contributed by atoms with Crippen LogP contribution in [0.3, 0.4) is 0 Å². The van der Waals surface area contributed by atoms with Gasteiger partial charge in [-0.3, -0.25) is 4.68 Å². The first kappa shape index (κ1) is 31.4. The van der Waals surface area contributed by atoms with Crippen LogP contribution in [0.5, 0.6) is 0 Å². The van der Waals surface area contributed by atoms with Gasteiger partial charge in [-0.05, 0) is 53.4 Å². The first-order valence-corrected chi connectivity index (χ1v) is 14.7. The zero-order valence-electron chi connectivity index (χ0n) is 22.6. The van der Waals surface area contributed by atoms with Crippen LogP contribution in [0.25, 0.3) is 16.8 Å². The summed E-state index contributed by atoms with van der Waals surface area (Å²) < 4.78 is 31.6. The molecule has 2 aromatic heterocycles. The number of nitrogens with zero attached hydrogens (tertiary/aromatic N) is 5. The number of carbonyl (C=O) groups is 1. The minimum absolute atomic E-state index is 0. The predicted molar refractivity (Wildman–Crippen MR) is 168 cm³/mol. The van der Waals surface area contributed by atoms with Crippen LogP contribution in [0.4, 0.5) is 0 Å². The Kier molecular flexibility index (Phi) is 9.03. The van der Waals surface area contributed by atoms with Crippen molar-refractivity contribution in [2.75, 3.05) is 7.05 Å². The number of aromatic nitrogens is 4. The Balaban J connectivity index is 0.00000212. The molecule has 1 saturated carbocycles. The molecule has 0 bridgehead atoms. The second kappa shape index (κ2) is 12.4. The average molecular weight is 600 g/mol. The van der Waals surface area contributed by atoms with E-state index < -0.39 is 16.0 Å². The molecule has 3 aromatic carbocycles. The van der Waals surface area contributed by atoms with Gasteiger partial charge in [-0.25, -0.2) is 13.2 Å². The lowest BCUT2D eigenvalue weighted by Crippen LogP contribution is -2.26. The fourth-order valence-corrected chi connectivity index (χ4v) is 6.52. The molecule has 1 aliphatic carbocycles. The van der Waals surface area contributed by atoms with Gasteiger partial charge in [0.05, 0.1) is 16.2 Å². The van der Waals surface area contributed by atoms with Crippen LogP contribution in [0, 0.1) is 0 Å². The summed E-state index contributed by atoms with van der Waals surface area (Å²) >= 11 is 0. The van der Waals surface area contributed by atoms with Crippen LogP contribution in [-0.2, 0) is 23.6 Å². The number of aryl methyl sites for hydroxylation is 1. The first-order chi connectivity index (χ1) is 19.7. The molecule has 1 N–H and O–H groups in total. The summed E-state index contributed by atoms with van der Waals surface area (Å²) in [6.45, 7) is 0.157. The van der Waals surface area contributed by atoms with Crippen LogP contribution in [0.2, 0.25) is 0 Å². The molecular formula is C33H37N5O4S. The molecule has 224 valence electrons. The molecule has 0 aliphatic heterocycles. The summed E-state index contributed by atoms with van der Waals surface area (Å²) in [5.41, 5.74) is 5.33. The number of aromatic carboxylic acids is 1. The van der Waals surface area contributed by atoms with E-state index >= 15 is 0 Å². The third-order valence-electron chi connectivity index (χ3n) is 7.56. The summed E-state index contributed by atoms with van der Waals surface area (Å²) in [7, 11) is -0.365. The molecule has 5 aromatic rings. The molecule has 10 heteroatoms. The molecule has 0 amide bonds. The van der Waals surface area contributed by atoms with E-state index in [1.54, 1.807) is 36.1 Å². The zero-order valence-corrected chi connectivity index (χ0v) is 23.4. The van der Waals surface area contributed by atoms with E-state index in [9.17, 15) is 18.3 Å². The smallest absolute Gasteiger partial charge is 0.337 e. The molecule has 2 atom stereocenters. The molecule has 0 unspecified atom stereocenters. The van der Waals surface area contributed by atoms with E-state index in [0.717, 1.165) is 34.5 Å². The van der Waals surface area contributed by atoms with Crippen LogP contribution in [0.15, 0.2) is 102 Å². The van der Waals surface area contributed by atoms with Gasteiger partial charge >= 0.3 is 5.97 Å². The first-order valence-electron chi connectivity index (χ1n) is 13.2. The topological polar surface area (TPSA) is 110 Å². The van der Waals surface area contributed by atoms with Crippen molar-refractivity contribution in [2.45, 2.75) is 44.6 Å². The van der Waals surface area contributed by atoms with Crippen LogP contribution < -0.4 is 0 Å². The van der Waals surface area contributed by atoms with E-state index in [0.29, 0.717) is 5.69 Å². The summed E-state index contributed by atoms with van der Waals surface area (Å²) in [6.07, 6.45) is 4.41. The Hall–Kier alpha value is -4.54.